The summed E-state index contributed by atoms with van der Waals surface area (Å²) in [7, 11) is 0. The van der Waals surface area contributed by atoms with Crippen LogP contribution in [0.3, 0.4) is 0 Å². The van der Waals surface area contributed by atoms with Crippen molar-refractivity contribution < 1.29 is 0 Å². The van der Waals surface area contributed by atoms with Gasteiger partial charge in [-0.2, -0.15) is 15.2 Å². The SMILES string of the molecule is CC1(C)c2ccccc2-c2c1ccc1c3ccccc3n(-c3ccc(-c4nc(-c5ccccc5)nc(-n5c6ccccc6c6ccccc65)n4)cc3C#N)c21. The van der Waals surface area contributed by atoms with Crippen LogP contribution in [0.25, 0.3) is 89.2 Å². The van der Waals surface area contributed by atoms with E-state index >= 15 is 0 Å². The Morgan fingerprint density at radius 1 is 0.509 bits per heavy atom. The molecule has 55 heavy (non-hydrogen) atoms. The van der Waals surface area contributed by atoms with Crippen molar-refractivity contribution in [3.8, 4) is 51.6 Å². The molecule has 6 heteroatoms. The van der Waals surface area contributed by atoms with Gasteiger partial charge in [0.2, 0.25) is 5.95 Å². The molecule has 0 saturated heterocycles. The Balaban J connectivity index is 1.16. The molecule has 0 bridgehead atoms. The van der Waals surface area contributed by atoms with Gasteiger partial charge in [0.1, 0.15) is 6.07 Å². The average Bonchev–Trinajstić information content (AvgIpc) is 3.84. The van der Waals surface area contributed by atoms with Crippen LogP contribution in [0.4, 0.5) is 0 Å². The van der Waals surface area contributed by atoms with Crippen LogP contribution in [0.1, 0.15) is 30.5 Å². The molecular formula is C49H32N6. The van der Waals surface area contributed by atoms with Crippen molar-refractivity contribution in [3.05, 3.63) is 174 Å². The van der Waals surface area contributed by atoms with Gasteiger partial charge < -0.3 is 4.57 Å². The summed E-state index contributed by atoms with van der Waals surface area (Å²) in [5.41, 5.74) is 12.1. The average molecular weight is 705 g/mol. The Kier molecular flexibility index (Phi) is 6.56. The van der Waals surface area contributed by atoms with Crippen molar-refractivity contribution in [2.24, 2.45) is 0 Å². The molecule has 0 aliphatic heterocycles. The van der Waals surface area contributed by atoms with E-state index in [9.17, 15) is 5.26 Å². The zero-order valence-electron chi connectivity index (χ0n) is 30.2. The number of aromatic nitrogens is 5. The summed E-state index contributed by atoms with van der Waals surface area (Å²) >= 11 is 0. The maximum atomic E-state index is 10.9. The topological polar surface area (TPSA) is 72.3 Å². The number of hydrogen-bond acceptors (Lipinski definition) is 4. The normalized spacial score (nSPS) is 13.0. The second-order valence-corrected chi connectivity index (χ2v) is 14.8. The van der Waals surface area contributed by atoms with Crippen LogP contribution in [-0.2, 0) is 5.41 Å². The van der Waals surface area contributed by atoms with Gasteiger partial charge in [0.15, 0.2) is 11.6 Å². The predicted octanol–water partition coefficient (Wildman–Crippen LogP) is 11.6. The van der Waals surface area contributed by atoms with E-state index in [0.29, 0.717) is 23.2 Å². The van der Waals surface area contributed by atoms with Gasteiger partial charge in [0.25, 0.3) is 0 Å². The molecule has 258 valence electrons. The monoisotopic (exact) mass is 704 g/mol. The molecule has 3 heterocycles. The fourth-order valence-corrected chi connectivity index (χ4v) is 8.90. The van der Waals surface area contributed by atoms with Crippen molar-refractivity contribution in [2.45, 2.75) is 19.3 Å². The van der Waals surface area contributed by atoms with Crippen LogP contribution in [-0.4, -0.2) is 24.1 Å². The highest BCUT2D eigenvalue weighted by molar-refractivity contribution is 6.16. The van der Waals surface area contributed by atoms with Crippen molar-refractivity contribution in [1.29, 1.82) is 5.26 Å². The third kappa shape index (κ3) is 4.44. The molecule has 7 aromatic carbocycles. The number of nitrogens with zero attached hydrogens (tertiary/aromatic N) is 6. The van der Waals surface area contributed by atoms with Crippen LogP contribution < -0.4 is 0 Å². The van der Waals surface area contributed by atoms with Crippen LogP contribution in [0.5, 0.6) is 0 Å². The molecule has 0 spiro atoms. The van der Waals surface area contributed by atoms with E-state index < -0.39 is 0 Å². The molecular weight excluding hydrogens is 673 g/mol. The molecule has 1 aliphatic rings. The van der Waals surface area contributed by atoms with E-state index in [0.717, 1.165) is 60.4 Å². The van der Waals surface area contributed by atoms with Gasteiger partial charge in [-0.1, -0.05) is 135 Å². The lowest BCUT2D eigenvalue weighted by Gasteiger charge is -2.21. The zero-order valence-corrected chi connectivity index (χ0v) is 30.2. The predicted molar refractivity (Wildman–Crippen MR) is 222 cm³/mol. The first-order valence-electron chi connectivity index (χ1n) is 18.5. The standard InChI is InChI=1S/C49H32N6/c1-49(2)38-20-10-6-19-37(38)44-39(49)26-25-36-35-18-9-11-21-41(35)54(45(36)44)40-27-24-31(28-32(40)29-50)47-51-46(30-14-4-3-5-15-30)52-48(53-47)55-42-22-12-7-16-33(42)34-17-8-13-23-43(34)55/h3-28H,1-2H3. The first kappa shape index (κ1) is 31.2. The number of nitriles is 1. The Bertz CT molecular complexity index is 3200. The van der Waals surface area contributed by atoms with Gasteiger partial charge in [0, 0.05) is 43.7 Å². The van der Waals surface area contributed by atoms with Crippen LogP contribution >= 0.6 is 0 Å². The minimum atomic E-state index is -0.160. The Hall–Kier alpha value is -7.36. The number of para-hydroxylation sites is 3. The van der Waals surface area contributed by atoms with Crippen molar-refractivity contribution in [3.63, 3.8) is 0 Å². The largest absolute Gasteiger partial charge is 0.307 e. The van der Waals surface area contributed by atoms with Gasteiger partial charge in [0.05, 0.1) is 33.3 Å². The highest BCUT2D eigenvalue weighted by atomic mass is 15.2. The minimum absolute atomic E-state index is 0.160. The highest BCUT2D eigenvalue weighted by Gasteiger charge is 2.37. The number of benzene rings is 7. The molecule has 0 radical (unpaired) electrons. The lowest BCUT2D eigenvalue weighted by atomic mass is 9.82. The molecule has 11 rings (SSSR count). The van der Waals surface area contributed by atoms with Gasteiger partial charge in [-0.05, 0) is 53.1 Å². The second-order valence-electron chi connectivity index (χ2n) is 14.8. The smallest absolute Gasteiger partial charge is 0.238 e. The molecule has 1 aliphatic carbocycles. The maximum Gasteiger partial charge on any atom is 0.238 e. The summed E-state index contributed by atoms with van der Waals surface area (Å²) in [6.07, 6.45) is 0. The highest BCUT2D eigenvalue weighted by Crippen LogP contribution is 2.53. The molecule has 0 unspecified atom stereocenters. The molecule has 0 amide bonds. The molecule has 0 saturated carbocycles. The summed E-state index contributed by atoms with van der Waals surface area (Å²) in [6.45, 7) is 4.61. The molecule has 0 fully saturated rings. The summed E-state index contributed by atoms with van der Waals surface area (Å²) in [5.74, 6) is 1.57. The fourth-order valence-electron chi connectivity index (χ4n) is 8.90. The third-order valence-corrected chi connectivity index (χ3v) is 11.4. The van der Waals surface area contributed by atoms with Gasteiger partial charge >= 0.3 is 0 Å². The van der Waals surface area contributed by atoms with Gasteiger partial charge in [-0.25, -0.2) is 4.98 Å². The first-order chi connectivity index (χ1) is 27.0. The lowest BCUT2D eigenvalue weighted by Crippen LogP contribution is -2.14. The second kappa shape index (κ2) is 11.6. The van der Waals surface area contributed by atoms with Gasteiger partial charge in [-0.15, -0.1) is 0 Å². The van der Waals surface area contributed by atoms with Gasteiger partial charge in [-0.3, -0.25) is 4.57 Å². The minimum Gasteiger partial charge on any atom is -0.307 e. The van der Waals surface area contributed by atoms with E-state index in [1.807, 2.05) is 54.6 Å². The number of rotatable bonds is 4. The summed E-state index contributed by atoms with van der Waals surface area (Å²) in [6, 6.07) is 57.0. The Labute approximate surface area is 317 Å². The number of hydrogen-bond donors (Lipinski definition) is 0. The summed E-state index contributed by atoms with van der Waals surface area (Å²) in [4.78, 5) is 15.3. The van der Waals surface area contributed by atoms with Crippen molar-refractivity contribution >= 4 is 43.6 Å². The lowest BCUT2D eigenvalue weighted by molar-refractivity contribution is 0.661. The van der Waals surface area contributed by atoms with E-state index in [2.05, 4.69) is 132 Å². The van der Waals surface area contributed by atoms with E-state index in [1.54, 1.807) is 0 Å². The van der Waals surface area contributed by atoms with E-state index in [1.165, 1.54) is 22.3 Å². The van der Waals surface area contributed by atoms with Crippen LogP contribution in [0.15, 0.2) is 158 Å². The first-order valence-corrected chi connectivity index (χ1v) is 18.5. The Morgan fingerprint density at radius 2 is 1.09 bits per heavy atom. The summed E-state index contributed by atoms with van der Waals surface area (Å²) in [5, 5.41) is 15.5. The quantitative estimate of drug-likeness (QED) is 0.183. The molecule has 10 aromatic rings. The molecule has 3 aromatic heterocycles. The molecule has 6 nitrogen and oxygen atoms in total. The summed E-state index contributed by atoms with van der Waals surface area (Å²) < 4.78 is 4.40. The van der Waals surface area contributed by atoms with E-state index in [4.69, 9.17) is 15.0 Å². The third-order valence-electron chi connectivity index (χ3n) is 11.4. The maximum absolute atomic E-state index is 10.9. The zero-order chi connectivity index (χ0) is 36.8. The van der Waals surface area contributed by atoms with Crippen LogP contribution in [0, 0.1) is 11.3 Å². The molecule has 0 atom stereocenters. The number of fused-ring (bicyclic) bond motifs is 10. The fraction of sp³-hybridized carbons (Fsp3) is 0.0612. The van der Waals surface area contributed by atoms with Crippen molar-refractivity contribution in [2.75, 3.05) is 0 Å². The van der Waals surface area contributed by atoms with E-state index in [-0.39, 0.29) is 5.41 Å². The van der Waals surface area contributed by atoms with Crippen molar-refractivity contribution in [1.82, 2.24) is 24.1 Å². The van der Waals surface area contributed by atoms with Crippen LogP contribution in [0.2, 0.25) is 0 Å². The molecule has 0 N–H and O–H groups in total. The Morgan fingerprint density at radius 3 is 1.78 bits per heavy atom.